The van der Waals surface area contributed by atoms with Gasteiger partial charge in [-0.15, -0.1) is 5.10 Å². The third-order valence-corrected chi connectivity index (χ3v) is 4.72. The molecule has 3 aromatic rings. The number of fused-ring (bicyclic) bond motifs is 4. The van der Waals surface area contributed by atoms with Gasteiger partial charge in [-0.25, -0.2) is 14.6 Å². The highest BCUT2D eigenvalue weighted by Gasteiger charge is 2.36. The Morgan fingerprint density at radius 1 is 1.42 bits per heavy atom. The minimum atomic E-state index is -0.149. The molecule has 10 nitrogen and oxygen atoms in total. The molecular weight excluding hydrogens is 312 g/mol. The number of rotatable bonds is 2. The number of hydrogen-bond acceptors (Lipinski definition) is 7. The van der Waals surface area contributed by atoms with E-state index in [1.807, 2.05) is 4.68 Å². The Morgan fingerprint density at radius 3 is 3.33 bits per heavy atom. The van der Waals surface area contributed by atoms with Crippen LogP contribution in [0.1, 0.15) is 23.9 Å². The zero-order valence-corrected chi connectivity index (χ0v) is 12.9. The minimum absolute atomic E-state index is 0.0863. The van der Waals surface area contributed by atoms with Crippen LogP contribution >= 0.6 is 0 Å². The number of H-pyrrole nitrogens is 1. The molecule has 1 N–H and O–H groups in total. The molecule has 1 fully saturated rings. The summed E-state index contributed by atoms with van der Waals surface area (Å²) in [5.74, 6) is 0.397. The number of piperidine rings is 1. The first-order valence-corrected chi connectivity index (χ1v) is 7.93. The maximum atomic E-state index is 12.0. The first-order chi connectivity index (χ1) is 11.8. The summed E-state index contributed by atoms with van der Waals surface area (Å²) in [6, 6.07) is 1.79. The van der Waals surface area contributed by atoms with Gasteiger partial charge in [-0.2, -0.15) is 4.52 Å². The van der Waals surface area contributed by atoms with Gasteiger partial charge in [-0.1, -0.05) is 5.21 Å². The predicted molar refractivity (Wildman–Crippen MR) is 81.1 cm³/mol. The molecule has 2 atom stereocenters. The lowest BCUT2D eigenvalue weighted by Crippen LogP contribution is -2.48. The van der Waals surface area contributed by atoms with Crippen molar-refractivity contribution in [2.24, 2.45) is 0 Å². The molecule has 3 aromatic heterocycles. The summed E-state index contributed by atoms with van der Waals surface area (Å²) in [4.78, 5) is 22.8. The molecule has 0 radical (unpaired) electrons. The van der Waals surface area contributed by atoms with Crippen LogP contribution in [0.15, 0.2) is 23.4 Å². The molecule has 0 unspecified atom stereocenters. The summed E-state index contributed by atoms with van der Waals surface area (Å²) < 4.78 is 9.29. The first-order valence-electron chi connectivity index (χ1n) is 7.93. The van der Waals surface area contributed by atoms with E-state index in [1.54, 1.807) is 12.3 Å². The number of nitrogens with zero attached hydrogens (tertiary/aromatic N) is 7. The third kappa shape index (κ3) is 2.14. The fourth-order valence-electron chi connectivity index (χ4n) is 3.57. The van der Waals surface area contributed by atoms with Crippen molar-refractivity contribution in [3.63, 3.8) is 0 Å². The van der Waals surface area contributed by atoms with Crippen LogP contribution in [0.2, 0.25) is 0 Å². The summed E-state index contributed by atoms with van der Waals surface area (Å²) >= 11 is 0. The van der Waals surface area contributed by atoms with E-state index >= 15 is 0 Å². The molecule has 2 aliphatic heterocycles. The van der Waals surface area contributed by atoms with Crippen LogP contribution in [0.4, 0.5) is 0 Å². The van der Waals surface area contributed by atoms with Crippen LogP contribution in [0.3, 0.4) is 0 Å². The van der Waals surface area contributed by atoms with Gasteiger partial charge in [0.2, 0.25) is 0 Å². The summed E-state index contributed by atoms with van der Waals surface area (Å²) in [6.45, 7) is 2.83. The van der Waals surface area contributed by atoms with Crippen molar-refractivity contribution in [2.75, 3.05) is 13.1 Å². The molecule has 1 saturated heterocycles. The Bertz CT molecular complexity index is 944. The summed E-state index contributed by atoms with van der Waals surface area (Å²) in [5, 5.41) is 10.9. The van der Waals surface area contributed by atoms with Gasteiger partial charge in [0.1, 0.15) is 6.33 Å². The molecule has 24 heavy (non-hydrogen) atoms. The van der Waals surface area contributed by atoms with Gasteiger partial charge in [0.25, 0.3) is 11.3 Å². The lowest BCUT2D eigenvalue weighted by atomic mass is 10.00. The van der Waals surface area contributed by atoms with Gasteiger partial charge in [0.05, 0.1) is 36.3 Å². The highest BCUT2D eigenvalue weighted by Crippen LogP contribution is 2.30. The van der Waals surface area contributed by atoms with E-state index in [0.29, 0.717) is 18.9 Å². The van der Waals surface area contributed by atoms with E-state index in [0.717, 1.165) is 30.9 Å². The van der Waals surface area contributed by atoms with Crippen molar-refractivity contribution >= 4 is 5.78 Å². The Kier molecular flexibility index (Phi) is 3.00. The van der Waals surface area contributed by atoms with E-state index in [4.69, 9.17) is 4.74 Å². The summed E-state index contributed by atoms with van der Waals surface area (Å²) in [5.41, 5.74) is 1.61. The number of nitrogens with one attached hydrogen (secondary N) is 1. The first kappa shape index (κ1) is 13.8. The zero-order valence-electron chi connectivity index (χ0n) is 12.9. The topological polar surface area (TPSA) is 106 Å². The van der Waals surface area contributed by atoms with Crippen molar-refractivity contribution < 1.29 is 4.74 Å². The smallest absolute Gasteiger partial charge is 0.274 e. The average molecular weight is 328 g/mol. The molecule has 2 aliphatic rings. The predicted octanol–water partition coefficient (Wildman–Crippen LogP) is -0.645. The van der Waals surface area contributed by atoms with Crippen molar-refractivity contribution in [3.05, 3.63) is 40.3 Å². The van der Waals surface area contributed by atoms with Gasteiger partial charge < -0.3 is 4.74 Å². The molecule has 0 aromatic carbocycles. The van der Waals surface area contributed by atoms with Crippen LogP contribution < -0.4 is 5.56 Å². The summed E-state index contributed by atoms with van der Waals surface area (Å²) in [6.07, 6.45) is 4.25. The monoisotopic (exact) mass is 328 g/mol. The van der Waals surface area contributed by atoms with Gasteiger partial charge in [-0.3, -0.25) is 14.8 Å². The Morgan fingerprint density at radius 2 is 2.38 bits per heavy atom. The standard InChI is InChI=1S/C14H16N8O2/c23-13-3-9(18-14-15-8-17-22(13)14)5-20-2-1-11-12(6-20)24-7-10-4-16-19-21(10)11/h3-4,8,11-12H,1-2,5-7H2,(H,15,17,18)/t11-,12-/m0/s1. The Labute approximate surface area is 136 Å². The molecule has 0 aliphatic carbocycles. The minimum Gasteiger partial charge on any atom is -0.368 e. The fraction of sp³-hybridized carbons (Fsp3) is 0.500. The largest absolute Gasteiger partial charge is 0.368 e. The maximum absolute atomic E-state index is 12.0. The molecule has 10 heteroatoms. The van der Waals surface area contributed by atoms with E-state index < -0.39 is 0 Å². The van der Waals surface area contributed by atoms with Crippen LogP contribution in [0.5, 0.6) is 0 Å². The Balaban J connectivity index is 1.35. The third-order valence-electron chi connectivity index (χ3n) is 4.72. The molecule has 124 valence electrons. The highest BCUT2D eigenvalue weighted by atomic mass is 16.5. The second kappa shape index (κ2) is 5.21. The van der Waals surface area contributed by atoms with Gasteiger partial charge in [-0.05, 0) is 6.42 Å². The normalized spacial score (nSPS) is 24.0. The zero-order chi connectivity index (χ0) is 16.1. The van der Waals surface area contributed by atoms with Crippen molar-refractivity contribution in [1.29, 1.82) is 0 Å². The second-order valence-electron chi connectivity index (χ2n) is 6.22. The van der Waals surface area contributed by atoms with Crippen molar-refractivity contribution in [2.45, 2.75) is 31.7 Å². The highest BCUT2D eigenvalue weighted by molar-refractivity contribution is 5.26. The van der Waals surface area contributed by atoms with Gasteiger partial charge >= 0.3 is 0 Å². The van der Waals surface area contributed by atoms with Crippen LogP contribution in [0, 0.1) is 0 Å². The SMILES string of the molecule is O=c1cc(CN2CC[C@H]3[C@H](C2)OCc2cnnn23)nc2nc[nH]n12. The summed E-state index contributed by atoms with van der Waals surface area (Å²) in [7, 11) is 0. The number of aromatic amines is 1. The number of ether oxygens (including phenoxy) is 1. The van der Waals surface area contributed by atoms with E-state index in [2.05, 4.69) is 30.3 Å². The van der Waals surface area contributed by atoms with Crippen LogP contribution in [0.25, 0.3) is 5.78 Å². The molecule has 0 bridgehead atoms. The number of likely N-dealkylation sites (tertiary alicyclic amines) is 1. The van der Waals surface area contributed by atoms with Crippen LogP contribution in [-0.4, -0.2) is 58.7 Å². The van der Waals surface area contributed by atoms with E-state index in [1.165, 1.54) is 10.8 Å². The average Bonchev–Trinajstić information content (AvgIpc) is 3.23. The van der Waals surface area contributed by atoms with Crippen LogP contribution in [-0.2, 0) is 17.9 Å². The molecule has 5 rings (SSSR count). The maximum Gasteiger partial charge on any atom is 0.274 e. The number of aromatic nitrogens is 7. The lowest BCUT2D eigenvalue weighted by Gasteiger charge is -2.40. The molecule has 0 saturated carbocycles. The Hall–Kier alpha value is -2.59. The molecule has 0 amide bonds. The van der Waals surface area contributed by atoms with E-state index in [-0.39, 0.29) is 17.7 Å². The number of hydrogen-bond donors (Lipinski definition) is 1. The van der Waals surface area contributed by atoms with Gasteiger partial charge in [0, 0.05) is 25.7 Å². The lowest BCUT2D eigenvalue weighted by molar-refractivity contribution is -0.0706. The second-order valence-corrected chi connectivity index (χ2v) is 6.22. The molecule has 0 spiro atoms. The van der Waals surface area contributed by atoms with Crippen molar-refractivity contribution in [1.82, 2.24) is 39.5 Å². The fourth-order valence-corrected chi connectivity index (χ4v) is 3.57. The van der Waals surface area contributed by atoms with Gasteiger partial charge in [0.15, 0.2) is 0 Å². The molecular formula is C14H16N8O2. The molecule has 5 heterocycles. The quantitative estimate of drug-likeness (QED) is 0.666. The van der Waals surface area contributed by atoms with Crippen molar-refractivity contribution in [3.8, 4) is 0 Å². The van der Waals surface area contributed by atoms with E-state index in [9.17, 15) is 4.79 Å².